The highest BCUT2D eigenvalue weighted by Gasteiger charge is 2.09. The van der Waals surface area contributed by atoms with E-state index in [0.717, 1.165) is 26.6 Å². The first kappa shape index (κ1) is 14.5. The van der Waals surface area contributed by atoms with Gasteiger partial charge in [0.2, 0.25) is 0 Å². The van der Waals surface area contributed by atoms with Crippen LogP contribution < -0.4 is 10.2 Å². The van der Waals surface area contributed by atoms with Gasteiger partial charge in [-0.2, -0.15) is 0 Å². The van der Waals surface area contributed by atoms with Crippen LogP contribution in [0, 0.1) is 6.92 Å². The van der Waals surface area contributed by atoms with Crippen molar-refractivity contribution in [2.75, 3.05) is 24.3 Å². The summed E-state index contributed by atoms with van der Waals surface area (Å²) >= 11 is 1.63. The molecule has 0 radical (unpaired) electrons. The molecule has 0 aliphatic heterocycles. The molecule has 0 aliphatic carbocycles. The minimum absolute atomic E-state index is 0.107. The van der Waals surface area contributed by atoms with Crippen LogP contribution in [0.4, 0.5) is 11.4 Å². The Bertz CT molecular complexity index is 839. The van der Waals surface area contributed by atoms with Gasteiger partial charge in [0.15, 0.2) is 0 Å². The molecular weight excluding hydrogens is 294 g/mol. The van der Waals surface area contributed by atoms with Crippen LogP contribution in [0.1, 0.15) is 15.4 Å². The topological polar surface area (TPSA) is 45.2 Å². The lowest BCUT2D eigenvalue weighted by Crippen LogP contribution is -2.14. The lowest BCUT2D eigenvalue weighted by atomic mass is 10.1. The molecule has 0 unspecified atom stereocenters. The van der Waals surface area contributed by atoms with Gasteiger partial charge in [0.25, 0.3) is 5.91 Å². The van der Waals surface area contributed by atoms with Crippen molar-refractivity contribution < 1.29 is 4.79 Å². The molecule has 2 aromatic carbocycles. The molecule has 4 nitrogen and oxygen atoms in total. The van der Waals surface area contributed by atoms with Crippen molar-refractivity contribution in [3.63, 3.8) is 0 Å². The second-order valence-corrected chi connectivity index (χ2v) is 6.55. The van der Waals surface area contributed by atoms with E-state index in [9.17, 15) is 4.79 Å². The van der Waals surface area contributed by atoms with E-state index in [0.29, 0.717) is 5.56 Å². The second-order valence-electron chi connectivity index (χ2n) is 5.31. The lowest BCUT2D eigenvalue weighted by Gasteiger charge is -2.13. The van der Waals surface area contributed by atoms with Gasteiger partial charge in [-0.05, 0) is 43.3 Å². The highest BCUT2D eigenvalue weighted by atomic mass is 32.1. The molecule has 3 rings (SSSR count). The maximum Gasteiger partial charge on any atom is 0.255 e. The van der Waals surface area contributed by atoms with Crippen molar-refractivity contribution in [3.8, 4) is 0 Å². The van der Waals surface area contributed by atoms with Gasteiger partial charge in [-0.15, -0.1) is 11.3 Å². The largest absolute Gasteiger partial charge is 0.378 e. The first-order chi connectivity index (χ1) is 10.5. The number of thiazole rings is 1. The Morgan fingerprint density at radius 1 is 1.18 bits per heavy atom. The fraction of sp³-hybridized carbons (Fsp3) is 0.176. The van der Waals surface area contributed by atoms with Crippen molar-refractivity contribution in [3.05, 3.63) is 53.0 Å². The van der Waals surface area contributed by atoms with Gasteiger partial charge in [0, 0.05) is 31.0 Å². The molecule has 0 fully saturated rings. The second kappa shape index (κ2) is 5.77. The molecular formula is C17H17N3OS. The van der Waals surface area contributed by atoms with Crippen molar-refractivity contribution in [1.82, 2.24) is 4.98 Å². The third kappa shape index (κ3) is 2.94. The number of rotatable bonds is 3. The third-order valence-electron chi connectivity index (χ3n) is 3.38. The van der Waals surface area contributed by atoms with Gasteiger partial charge >= 0.3 is 0 Å². The molecule has 1 N–H and O–H groups in total. The normalized spacial score (nSPS) is 10.7. The first-order valence-electron chi connectivity index (χ1n) is 6.99. The number of nitrogens with zero attached hydrogens (tertiary/aromatic N) is 2. The summed E-state index contributed by atoms with van der Waals surface area (Å²) in [5.41, 5.74) is 3.40. The van der Waals surface area contributed by atoms with E-state index in [2.05, 4.69) is 10.3 Å². The Morgan fingerprint density at radius 3 is 2.77 bits per heavy atom. The smallest absolute Gasteiger partial charge is 0.255 e. The molecule has 22 heavy (non-hydrogen) atoms. The zero-order chi connectivity index (χ0) is 15.7. The monoisotopic (exact) mass is 311 g/mol. The van der Waals surface area contributed by atoms with Gasteiger partial charge in [0.1, 0.15) is 0 Å². The van der Waals surface area contributed by atoms with E-state index in [4.69, 9.17) is 0 Å². The fourth-order valence-electron chi connectivity index (χ4n) is 2.25. The molecule has 5 heteroatoms. The molecule has 0 bridgehead atoms. The zero-order valence-corrected chi connectivity index (χ0v) is 13.6. The number of fused-ring (bicyclic) bond motifs is 1. The molecule has 0 spiro atoms. The Kier molecular flexibility index (Phi) is 3.81. The standard InChI is InChI=1S/C17H17N3OS/c1-11-18-15-8-7-13(10-16(15)22-11)19-17(21)12-5-4-6-14(9-12)20(2)3/h4-10H,1-3H3,(H,19,21). The summed E-state index contributed by atoms with van der Waals surface area (Å²) in [7, 11) is 3.91. The van der Waals surface area contributed by atoms with E-state index in [1.165, 1.54) is 0 Å². The Morgan fingerprint density at radius 2 is 2.00 bits per heavy atom. The number of benzene rings is 2. The summed E-state index contributed by atoms with van der Waals surface area (Å²) in [5.74, 6) is -0.107. The number of hydrogen-bond donors (Lipinski definition) is 1. The molecule has 1 amide bonds. The molecule has 0 atom stereocenters. The first-order valence-corrected chi connectivity index (χ1v) is 7.80. The Hall–Kier alpha value is -2.40. The molecule has 112 valence electrons. The van der Waals surface area contributed by atoms with Crippen LogP contribution in [0.25, 0.3) is 10.2 Å². The number of aromatic nitrogens is 1. The number of anilines is 2. The van der Waals surface area contributed by atoms with Crippen LogP contribution in [0.15, 0.2) is 42.5 Å². The third-order valence-corrected chi connectivity index (χ3v) is 4.31. The lowest BCUT2D eigenvalue weighted by molar-refractivity contribution is 0.102. The summed E-state index contributed by atoms with van der Waals surface area (Å²) in [6.07, 6.45) is 0. The maximum atomic E-state index is 12.4. The van der Waals surface area contributed by atoms with Gasteiger partial charge in [0.05, 0.1) is 15.2 Å². The van der Waals surface area contributed by atoms with Crippen LogP contribution in [-0.4, -0.2) is 25.0 Å². The van der Waals surface area contributed by atoms with Crippen LogP contribution in [0.5, 0.6) is 0 Å². The van der Waals surface area contributed by atoms with Crippen molar-refractivity contribution in [2.24, 2.45) is 0 Å². The molecule has 0 saturated heterocycles. The average molecular weight is 311 g/mol. The summed E-state index contributed by atoms with van der Waals surface area (Å²) in [4.78, 5) is 18.8. The summed E-state index contributed by atoms with van der Waals surface area (Å²) < 4.78 is 1.08. The predicted molar refractivity (Wildman–Crippen MR) is 93.1 cm³/mol. The fourth-order valence-corrected chi connectivity index (χ4v) is 3.11. The van der Waals surface area contributed by atoms with E-state index < -0.39 is 0 Å². The van der Waals surface area contributed by atoms with Crippen molar-refractivity contribution in [1.29, 1.82) is 0 Å². The highest BCUT2D eigenvalue weighted by molar-refractivity contribution is 7.18. The van der Waals surface area contributed by atoms with E-state index in [1.54, 1.807) is 11.3 Å². The zero-order valence-electron chi connectivity index (χ0n) is 12.8. The molecule has 1 aromatic heterocycles. The maximum absolute atomic E-state index is 12.4. The number of aryl methyl sites for hydroxylation is 1. The van der Waals surface area contributed by atoms with E-state index in [1.807, 2.05) is 68.4 Å². The number of carbonyl (C=O) groups is 1. The number of carbonyl (C=O) groups excluding carboxylic acids is 1. The van der Waals surface area contributed by atoms with Crippen LogP contribution in [0.3, 0.4) is 0 Å². The number of nitrogens with one attached hydrogen (secondary N) is 1. The van der Waals surface area contributed by atoms with Crippen molar-refractivity contribution in [2.45, 2.75) is 6.92 Å². The molecule has 0 aliphatic rings. The minimum Gasteiger partial charge on any atom is -0.378 e. The summed E-state index contributed by atoms with van der Waals surface area (Å²) in [6, 6.07) is 13.3. The summed E-state index contributed by atoms with van der Waals surface area (Å²) in [5, 5.41) is 3.97. The molecule has 0 saturated carbocycles. The summed E-state index contributed by atoms with van der Waals surface area (Å²) in [6.45, 7) is 1.98. The van der Waals surface area contributed by atoms with Crippen LogP contribution in [0.2, 0.25) is 0 Å². The van der Waals surface area contributed by atoms with Crippen LogP contribution >= 0.6 is 11.3 Å². The molecule has 1 heterocycles. The van der Waals surface area contributed by atoms with Gasteiger partial charge in [-0.3, -0.25) is 4.79 Å². The van der Waals surface area contributed by atoms with E-state index >= 15 is 0 Å². The quantitative estimate of drug-likeness (QED) is 0.797. The number of hydrogen-bond acceptors (Lipinski definition) is 4. The number of amides is 1. The van der Waals surface area contributed by atoms with Gasteiger partial charge < -0.3 is 10.2 Å². The average Bonchev–Trinajstić information content (AvgIpc) is 2.86. The van der Waals surface area contributed by atoms with Crippen molar-refractivity contribution >= 4 is 38.8 Å². The Labute approximate surface area is 133 Å². The predicted octanol–water partition coefficient (Wildman–Crippen LogP) is 3.92. The Balaban J connectivity index is 1.84. The molecule has 3 aromatic rings. The van der Waals surface area contributed by atoms with E-state index in [-0.39, 0.29) is 5.91 Å². The van der Waals surface area contributed by atoms with Gasteiger partial charge in [-0.25, -0.2) is 4.98 Å². The highest BCUT2D eigenvalue weighted by Crippen LogP contribution is 2.25. The SMILES string of the molecule is Cc1nc2ccc(NC(=O)c3cccc(N(C)C)c3)cc2s1. The van der Waals surface area contributed by atoms with Gasteiger partial charge in [-0.1, -0.05) is 6.07 Å². The minimum atomic E-state index is -0.107. The van der Waals surface area contributed by atoms with Crippen LogP contribution in [-0.2, 0) is 0 Å².